The first-order chi connectivity index (χ1) is 14.1. The van der Waals surface area contributed by atoms with Gasteiger partial charge in [-0.1, -0.05) is 6.07 Å². The maximum absolute atomic E-state index is 12.1. The molecule has 2 rings (SSSR count). The molecule has 0 atom stereocenters. The highest BCUT2D eigenvalue weighted by atomic mass is 16.5. The van der Waals surface area contributed by atoms with Crippen molar-refractivity contribution in [2.75, 3.05) is 31.6 Å². The van der Waals surface area contributed by atoms with Crippen LogP contribution in [0.4, 0.5) is 5.69 Å². The Hall–Kier alpha value is -2.94. The predicted octanol–water partition coefficient (Wildman–Crippen LogP) is 2.06. The lowest BCUT2D eigenvalue weighted by atomic mass is 9.97. The van der Waals surface area contributed by atoms with Crippen LogP contribution in [0.3, 0.4) is 0 Å². The Kier molecular flexibility index (Phi) is 10.5. The molecule has 30 heavy (non-hydrogen) atoms. The van der Waals surface area contributed by atoms with Crippen molar-refractivity contribution in [2.45, 2.75) is 40.0 Å². The Bertz CT molecular complexity index is 744. The Labute approximate surface area is 176 Å². The molecule has 1 aromatic rings. The van der Waals surface area contributed by atoms with Crippen LogP contribution in [0, 0.1) is 19.8 Å². The predicted molar refractivity (Wildman–Crippen MR) is 110 cm³/mol. The van der Waals surface area contributed by atoms with E-state index in [1.807, 2.05) is 32.0 Å². The van der Waals surface area contributed by atoms with Crippen LogP contribution >= 0.6 is 0 Å². The zero-order valence-corrected chi connectivity index (χ0v) is 17.6. The fourth-order valence-electron chi connectivity index (χ4n) is 2.95. The van der Waals surface area contributed by atoms with E-state index < -0.39 is 11.9 Å². The van der Waals surface area contributed by atoms with Gasteiger partial charge in [-0.2, -0.15) is 0 Å². The number of piperidine rings is 1. The fourth-order valence-corrected chi connectivity index (χ4v) is 2.95. The van der Waals surface area contributed by atoms with Crippen LogP contribution < -0.4 is 5.32 Å². The van der Waals surface area contributed by atoms with Crippen molar-refractivity contribution in [1.82, 2.24) is 4.90 Å². The van der Waals surface area contributed by atoms with Crippen LogP contribution in [0.15, 0.2) is 18.2 Å². The first-order valence-corrected chi connectivity index (χ1v) is 9.86. The zero-order chi connectivity index (χ0) is 22.7. The summed E-state index contributed by atoms with van der Waals surface area (Å²) in [6, 6.07) is 5.95. The summed E-state index contributed by atoms with van der Waals surface area (Å²) in [6.45, 7) is 8.80. The molecule has 0 spiro atoms. The molecule has 0 aliphatic carbocycles. The average molecular weight is 422 g/mol. The van der Waals surface area contributed by atoms with E-state index in [9.17, 15) is 9.59 Å². The highest BCUT2D eigenvalue weighted by molar-refractivity contribution is 6.27. The van der Waals surface area contributed by atoms with Gasteiger partial charge in [0.05, 0.1) is 12.5 Å². The number of carboxylic acid groups (broad SMARTS) is 2. The van der Waals surface area contributed by atoms with Gasteiger partial charge >= 0.3 is 17.9 Å². The third kappa shape index (κ3) is 9.04. The summed E-state index contributed by atoms with van der Waals surface area (Å²) >= 11 is 0. The smallest absolute Gasteiger partial charge is 0.414 e. The molecule has 9 heteroatoms. The minimum Gasteiger partial charge on any atom is -0.473 e. The number of rotatable bonds is 6. The molecule has 1 amide bonds. The number of hydrogen-bond acceptors (Lipinski definition) is 6. The van der Waals surface area contributed by atoms with Gasteiger partial charge in [0, 0.05) is 18.7 Å². The number of benzene rings is 1. The van der Waals surface area contributed by atoms with Crippen molar-refractivity contribution in [2.24, 2.45) is 5.92 Å². The van der Waals surface area contributed by atoms with E-state index in [2.05, 4.69) is 17.1 Å². The van der Waals surface area contributed by atoms with Crippen LogP contribution in [0.1, 0.15) is 37.3 Å². The highest BCUT2D eigenvalue weighted by Crippen LogP contribution is 2.19. The van der Waals surface area contributed by atoms with E-state index in [4.69, 9.17) is 24.5 Å². The topological polar surface area (TPSA) is 133 Å². The van der Waals surface area contributed by atoms with E-state index in [0.29, 0.717) is 13.0 Å². The van der Waals surface area contributed by atoms with Gasteiger partial charge in [0.2, 0.25) is 5.91 Å². The van der Waals surface area contributed by atoms with E-state index in [1.165, 1.54) is 11.1 Å². The number of amides is 1. The van der Waals surface area contributed by atoms with E-state index in [-0.39, 0.29) is 17.8 Å². The Balaban J connectivity index is 0.000000656. The number of nitrogens with zero attached hydrogens (tertiary/aromatic N) is 1. The minimum atomic E-state index is -1.82. The number of nitrogens with one attached hydrogen (secondary N) is 1. The molecule has 1 fully saturated rings. The van der Waals surface area contributed by atoms with E-state index in [1.54, 1.807) is 0 Å². The lowest BCUT2D eigenvalue weighted by Crippen LogP contribution is -2.38. The number of hydrogen-bond donors (Lipinski definition) is 3. The van der Waals surface area contributed by atoms with Crippen molar-refractivity contribution in [3.05, 3.63) is 29.3 Å². The average Bonchev–Trinajstić information content (AvgIpc) is 2.70. The molecule has 0 bridgehead atoms. The number of ether oxygens (including phenoxy) is 1. The summed E-state index contributed by atoms with van der Waals surface area (Å²) in [5.41, 5.74) is 3.25. The second kappa shape index (κ2) is 12.6. The number of aryl methyl sites for hydroxylation is 2. The monoisotopic (exact) mass is 422 g/mol. The number of esters is 1. The van der Waals surface area contributed by atoms with Gasteiger partial charge in [-0.15, -0.1) is 0 Å². The molecule has 1 aromatic carbocycles. The van der Waals surface area contributed by atoms with Crippen LogP contribution in [0.2, 0.25) is 0 Å². The van der Waals surface area contributed by atoms with Gasteiger partial charge in [-0.05, 0) is 70.0 Å². The van der Waals surface area contributed by atoms with Gasteiger partial charge in [0.25, 0.3) is 0 Å². The normalized spacial score (nSPS) is 14.2. The van der Waals surface area contributed by atoms with Crippen molar-refractivity contribution < 1.29 is 34.1 Å². The highest BCUT2D eigenvalue weighted by Gasteiger charge is 2.25. The maximum Gasteiger partial charge on any atom is 0.414 e. The molecular weight excluding hydrogens is 392 g/mol. The molecule has 1 heterocycles. The molecule has 1 aliphatic heterocycles. The number of anilines is 1. The maximum atomic E-state index is 12.1. The summed E-state index contributed by atoms with van der Waals surface area (Å²) in [4.78, 5) is 44.3. The molecule has 1 aliphatic rings. The number of likely N-dealkylation sites (tertiary alicyclic amines) is 1. The van der Waals surface area contributed by atoms with Gasteiger partial charge in [0.15, 0.2) is 0 Å². The van der Waals surface area contributed by atoms with Gasteiger partial charge in [-0.3, -0.25) is 9.59 Å². The Morgan fingerprint density at radius 3 is 2.17 bits per heavy atom. The molecule has 3 N–H and O–H groups in total. The SMILES string of the molecule is CCOC(=O)C1CCN(CCC(=O)Nc2ccc(C)c(C)c2)CC1.O=C(O)C(=O)O. The van der Waals surface area contributed by atoms with Crippen LogP contribution in [-0.2, 0) is 23.9 Å². The first-order valence-electron chi connectivity index (χ1n) is 9.86. The molecule has 0 saturated carbocycles. The number of aliphatic carboxylic acids is 2. The number of carbonyl (C=O) groups excluding carboxylic acids is 2. The van der Waals surface area contributed by atoms with Gasteiger partial charge in [0.1, 0.15) is 0 Å². The van der Waals surface area contributed by atoms with Crippen molar-refractivity contribution >= 4 is 29.5 Å². The summed E-state index contributed by atoms with van der Waals surface area (Å²) in [5, 5.41) is 17.7. The van der Waals surface area contributed by atoms with E-state index in [0.717, 1.165) is 38.2 Å². The second-order valence-electron chi connectivity index (χ2n) is 7.08. The van der Waals surface area contributed by atoms with Gasteiger partial charge < -0.3 is 25.2 Å². The summed E-state index contributed by atoms with van der Waals surface area (Å²) < 4.78 is 5.08. The lowest BCUT2D eigenvalue weighted by molar-refractivity contribution is -0.159. The molecule has 9 nitrogen and oxygen atoms in total. The van der Waals surface area contributed by atoms with Crippen molar-refractivity contribution in [3.8, 4) is 0 Å². The minimum absolute atomic E-state index is 0.0190. The Morgan fingerprint density at radius 1 is 1.07 bits per heavy atom. The standard InChI is InChI=1S/C19H28N2O3.C2H2O4/c1-4-24-19(23)16-7-10-21(11-8-16)12-9-18(22)20-17-6-5-14(2)15(3)13-17;3-1(4)2(5)6/h5-6,13,16H,4,7-12H2,1-3H3,(H,20,22);(H,3,4)(H,5,6). The molecule has 0 radical (unpaired) electrons. The third-order valence-electron chi connectivity index (χ3n) is 4.84. The molecule has 166 valence electrons. The summed E-state index contributed by atoms with van der Waals surface area (Å²) in [5.74, 6) is -3.68. The van der Waals surface area contributed by atoms with Crippen LogP contribution in [0.25, 0.3) is 0 Å². The fraction of sp³-hybridized carbons (Fsp3) is 0.524. The van der Waals surface area contributed by atoms with Crippen LogP contribution in [0.5, 0.6) is 0 Å². The lowest BCUT2D eigenvalue weighted by Gasteiger charge is -2.30. The first kappa shape index (κ1) is 25.1. The largest absolute Gasteiger partial charge is 0.473 e. The Morgan fingerprint density at radius 2 is 1.67 bits per heavy atom. The molecule has 1 saturated heterocycles. The summed E-state index contributed by atoms with van der Waals surface area (Å²) in [7, 11) is 0. The molecule has 0 unspecified atom stereocenters. The molecule has 0 aromatic heterocycles. The van der Waals surface area contributed by atoms with Crippen molar-refractivity contribution in [3.63, 3.8) is 0 Å². The number of carbonyl (C=O) groups is 4. The van der Waals surface area contributed by atoms with E-state index >= 15 is 0 Å². The second-order valence-corrected chi connectivity index (χ2v) is 7.08. The van der Waals surface area contributed by atoms with Gasteiger partial charge in [-0.25, -0.2) is 9.59 Å². The van der Waals surface area contributed by atoms with Crippen molar-refractivity contribution in [1.29, 1.82) is 0 Å². The summed E-state index contributed by atoms with van der Waals surface area (Å²) in [6.07, 6.45) is 2.10. The third-order valence-corrected chi connectivity index (χ3v) is 4.84. The quantitative estimate of drug-likeness (QED) is 0.469. The number of carboxylic acids is 2. The van der Waals surface area contributed by atoms with Crippen LogP contribution in [-0.4, -0.2) is 65.2 Å². The molecular formula is C21H30N2O7. The zero-order valence-electron chi connectivity index (χ0n) is 17.6.